The Morgan fingerprint density at radius 1 is 1.42 bits per heavy atom. The molecule has 0 fully saturated rings. The molecule has 1 aliphatic carbocycles. The van der Waals surface area contributed by atoms with Crippen molar-refractivity contribution in [1.82, 2.24) is 4.98 Å². The first-order chi connectivity index (χ1) is 5.86. The molecule has 0 unspecified atom stereocenters. The molecule has 0 radical (unpaired) electrons. The van der Waals surface area contributed by atoms with Crippen LogP contribution in [0.1, 0.15) is 30.7 Å². The second-order valence-electron chi connectivity index (χ2n) is 2.98. The van der Waals surface area contributed by atoms with Gasteiger partial charge in [0.1, 0.15) is 5.01 Å². The molecule has 0 amide bonds. The molecule has 3 heteroatoms. The van der Waals surface area contributed by atoms with E-state index in [1.807, 2.05) is 0 Å². The van der Waals surface area contributed by atoms with E-state index in [0.29, 0.717) is 5.06 Å². The normalized spacial score (nSPS) is 17.5. The van der Waals surface area contributed by atoms with Crippen molar-refractivity contribution in [3.63, 3.8) is 0 Å². The molecule has 0 atom stereocenters. The van der Waals surface area contributed by atoms with E-state index < -0.39 is 0 Å². The fourth-order valence-electron chi connectivity index (χ4n) is 1.45. The van der Waals surface area contributed by atoms with E-state index in [-0.39, 0.29) is 0 Å². The Kier molecular flexibility index (Phi) is 2.13. The second kappa shape index (κ2) is 3.27. The molecule has 1 aliphatic rings. The van der Waals surface area contributed by atoms with Gasteiger partial charge in [-0.25, -0.2) is 4.98 Å². The first-order valence-electron chi connectivity index (χ1n) is 4.20. The van der Waals surface area contributed by atoms with Gasteiger partial charge in [0, 0.05) is 0 Å². The molecule has 1 aromatic rings. The van der Waals surface area contributed by atoms with E-state index in [1.54, 1.807) is 0 Å². The number of allylic oxidation sites excluding steroid dienone is 2. The Morgan fingerprint density at radius 3 is 2.92 bits per heavy atom. The standard InChI is InChI=1S/C9H11NOS/c11-8-6-10-9(12-8)7-4-2-1-3-5-7/h4,6,11H,1-3,5H2. The van der Waals surface area contributed by atoms with E-state index in [4.69, 9.17) is 5.11 Å². The van der Waals surface area contributed by atoms with Gasteiger partial charge in [0.15, 0.2) is 5.06 Å². The zero-order valence-electron chi connectivity index (χ0n) is 6.79. The first-order valence-corrected chi connectivity index (χ1v) is 5.02. The summed E-state index contributed by atoms with van der Waals surface area (Å²) in [5.74, 6) is 0. The fraction of sp³-hybridized carbons (Fsp3) is 0.444. The number of aromatic hydroxyl groups is 1. The van der Waals surface area contributed by atoms with Crippen LogP contribution in [0.15, 0.2) is 12.3 Å². The Bertz CT molecular complexity index is 303. The maximum atomic E-state index is 9.11. The van der Waals surface area contributed by atoms with E-state index >= 15 is 0 Å². The molecule has 64 valence electrons. The van der Waals surface area contributed by atoms with Gasteiger partial charge in [0.2, 0.25) is 0 Å². The van der Waals surface area contributed by atoms with Crippen LogP contribution in [0.5, 0.6) is 5.06 Å². The van der Waals surface area contributed by atoms with Crippen LogP contribution in [0.25, 0.3) is 5.57 Å². The topological polar surface area (TPSA) is 33.1 Å². The lowest BCUT2D eigenvalue weighted by Gasteiger charge is -2.08. The average Bonchev–Trinajstić information content (AvgIpc) is 2.54. The maximum absolute atomic E-state index is 9.11. The third-order valence-corrected chi connectivity index (χ3v) is 2.93. The summed E-state index contributed by atoms with van der Waals surface area (Å²) in [6.45, 7) is 0. The third-order valence-electron chi connectivity index (χ3n) is 2.06. The molecule has 1 N–H and O–H groups in total. The highest BCUT2D eigenvalue weighted by atomic mass is 32.1. The van der Waals surface area contributed by atoms with Crippen LogP contribution in [0, 0.1) is 0 Å². The Morgan fingerprint density at radius 2 is 2.33 bits per heavy atom. The monoisotopic (exact) mass is 181 g/mol. The minimum atomic E-state index is 0.316. The Balaban J connectivity index is 2.23. The van der Waals surface area contributed by atoms with Crippen LogP contribution in [0.2, 0.25) is 0 Å². The minimum absolute atomic E-state index is 0.316. The summed E-state index contributed by atoms with van der Waals surface area (Å²) in [6, 6.07) is 0. The van der Waals surface area contributed by atoms with Gasteiger partial charge in [0.25, 0.3) is 0 Å². The zero-order chi connectivity index (χ0) is 8.39. The molecule has 0 bridgehead atoms. The smallest absolute Gasteiger partial charge is 0.191 e. The van der Waals surface area contributed by atoms with Gasteiger partial charge in [-0.1, -0.05) is 17.4 Å². The third kappa shape index (κ3) is 1.50. The highest BCUT2D eigenvalue weighted by molar-refractivity contribution is 7.14. The predicted molar refractivity (Wildman–Crippen MR) is 50.2 cm³/mol. The number of aromatic nitrogens is 1. The summed E-state index contributed by atoms with van der Waals surface area (Å²) < 4.78 is 0. The highest BCUT2D eigenvalue weighted by Crippen LogP contribution is 2.31. The fourth-order valence-corrected chi connectivity index (χ4v) is 2.17. The second-order valence-corrected chi connectivity index (χ2v) is 3.99. The lowest BCUT2D eigenvalue weighted by atomic mass is 10.0. The van der Waals surface area contributed by atoms with Crippen molar-refractivity contribution >= 4 is 16.9 Å². The lowest BCUT2D eigenvalue weighted by molar-refractivity contribution is 0.489. The summed E-state index contributed by atoms with van der Waals surface area (Å²) in [7, 11) is 0. The molecule has 0 aliphatic heterocycles. The molecule has 1 heterocycles. The molecular formula is C9H11NOS. The van der Waals surface area contributed by atoms with Crippen LogP contribution in [0.3, 0.4) is 0 Å². The van der Waals surface area contributed by atoms with Gasteiger partial charge >= 0.3 is 0 Å². The van der Waals surface area contributed by atoms with Crippen LogP contribution in [-0.2, 0) is 0 Å². The highest BCUT2D eigenvalue weighted by Gasteiger charge is 2.09. The van der Waals surface area contributed by atoms with Crippen LogP contribution in [-0.4, -0.2) is 10.1 Å². The maximum Gasteiger partial charge on any atom is 0.191 e. The van der Waals surface area contributed by atoms with Crippen LogP contribution < -0.4 is 0 Å². The lowest BCUT2D eigenvalue weighted by Crippen LogP contribution is -1.90. The molecule has 2 nitrogen and oxygen atoms in total. The molecule has 0 saturated carbocycles. The summed E-state index contributed by atoms with van der Waals surface area (Å²) >= 11 is 1.37. The molecule has 0 saturated heterocycles. The molecular weight excluding hydrogens is 170 g/mol. The van der Waals surface area contributed by atoms with Gasteiger partial charge in [-0.15, -0.1) is 0 Å². The average molecular weight is 181 g/mol. The molecule has 0 spiro atoms. The van der Waals surface area contributed by atoms with Crippen molar-refractivity contribution in [1.29, 1.82) is 0 Å². The zero-order valence-corrected chi connectivity index (χ0v) is 7.60. The van der Waals surface area contributed by atoms with Crippen molar-refractivity contribution in [2.45, 2.75) is 25.7 Å². The van der Waals surface area contributed by atoms with E-state index in [9.17, 15) is 0 Å². The van der Waals surface area contributed by atoms with Crippen molar-refractivity contribution in [3.8, 4) is 5.06 Å². The predicted octanol–water partition coefficient (Wildman–Crippen LogP) is 2.81. The van der Waals surface area contributed by atoms with E-state index in [1.165, 1.54) is 35.9 Å². The van der Waals surface area contributed by atoms with Gasteiger partial charge in [-0.3, -0.25) is 0 Å². The van der Waals surface area contributed by atoms with Crippen molar-refractivity contribution in [2.75, 3.05) is 0 Å². The number of thiazole rings is 1. The summed E-state index contributed by atoms with van der Waals surface area (Å²) in [4.78, 5) is 4.14. The SMILES string of the molecule is Oc1cnc(C2=CCCCC2)s1. The van der Waals surface area contributed by atoms with Crippen molar-refractivity contribution in [2.24, 2.45) is 0 Å². The summed E-state index contributed by atoms with van der Waals surface area (Å²) in [5.41, 5.74) is 1.31. The molecule has 1 aromatic heterocycles. The largest absolute Gasteiger partial charge is 0.498 e. The Labute approximate surface area is 75.6 Å². The van der Waals surface area contributed by atoms with Gasteiger partial charge in [-0.05, 0) is 31.3 Å². The number of rotatable bonds is 1. The first kappa shape index (κ1) is 7.80. The van der Waals surface area contributed by atoms with Crippen molar-refractivity contribution in [3.05, 3.63) is 17.3 Å². The summed E-state index contributed by atoms with van der Waals surface area (Å²) in [6.07, 6.45) is 8.59. The molecule has 2 rings (SSSR count). The van der Waals surface area contributed by atoms with Gasteiger partial charge in [0.05, 0.1) is 6.20 Å². The van der Waals surface area contributed by atoms with E-state index in [2.05, 4.69) is 11.1 Å². The number of hydrogen-bond donors (Lipinski definition) is 1. The molecule has 12 heavy (non-hydrogen) atoms. The number of hydrogen-bond acceptors (Lipinski definition) is 3. The van der Waals surface area contributed by atoms with Gasteiger partial charge < -0.3 is 5.11 Å². The number of nitrogens with zero attached hydrogens (tertiary/aromatic N) is 1. The Hall–Kier alpha value is -0.830. The van der Waals surface area contributed by atoms with Gasteiger partial charge in [-0.2, -0.15) is 0 Å². The molecule has 0 aromatic carbocycles. The minimum Gasteiger partial charge on any atom is -0.498 e. The van der Waals surface area contributed by atoms with E-state index in [0.717, 1.165) is 17.8 Å². The quantitative estimate of drug-likeness (QED) is 0.722. The summed E-state index contributed by atoms with van der Waals surface area (Å²) in [5, 5.41) is 10.4. The van der Waals surface area contributed by atoms with Crippen molar-refractivity contribution < 1.29 is 5.11 Å². The van der Waals surface area contributed by atoms with Crippen LogP contribution in [0.4, 0.5) is 0 Å². The van der Waals surface area contributed by atoms with Crippen LogP contribution >= 0.6 is 11.3 Å².